The van der Waals surface area contributed by atoms with Crippen LogP contribution in [-0.2, 0) is 14.3 Å². The van der Waals surface area contributed by atoms with Crippen molar-refractivity contribution in [2.24, 2.45) is 22.7 Å². The number of aliphatic hydroxyl groups excluding tert-OH is 1. The van der Waals surface area contributed by atoms with Crippen LogP contribution in [0.3, 0.4) is 0 Å². The number of hydrogen-bond donors (Lipinski definition) is 1. The van der Waals surface area contributed by atoms with E-state index in [2.05, 4.69) is 6.58 Å². The zero-order valence-electron chi connectivity index (χ0n) is 13.3. The lowest BCUT2D eigenvalue weighted by Crippen LogP contribution is -2.57. The van der Waals surface area contributed by atoms with Gasteiger partial charge in [0.15, 0.2) is 5.78 Å². The van der Waals surface area contributed by atoms with Gasteiger partial charge in [-0.3, -0.25) is 9.59 Å². The van der Waals surface area contributed by atoms with Crippen LogP contribution in [0.2, 0.25) is 0 Å². The molecule has 0 amide bonds. The topological polar surface area (TPSA) is 63.6 Å². The first-order valence-corrected chi connectivity index (χ1v) is 7.98. The molecular weight excluding hydrogens is 280 g/mol. The standard InChI is InChI=1S/C18H24O4/c1-11-9-18-7-4-15(20)17(2,6-5-16(21)22-3)14(18)8-12(11)13(19)10-18/h4,7,12-14,19H,1,5-6,8-10H2,2-3H3/t12-,13-,14-,17-,18+/m0/s1. The monoisotopic (exact) mass is 304 g/mol. The number of methoxy groups -OCH3 is 1. The van der Waals surface area contributed by atoms with Crippen molar-refractivity contribution in [2.45, 2.75) is 45.1 Å². The third kappa shape index (κ3) is 2.08. The Hall–Kier alpha value is -1.42. The summed E-state index contributed by atoms with van der Waals surface area (Å²) in [6, 6.07) is 0. The summed E-state index contributed by atoms with van der Waals surface area (Å²) in [4.78, 5) is 24.1. The first kappa shape index (κ1) is 15.5. The van der Waals surface area contributed by atoms with Gasteiger partial charge in [0, 0.05) is 17.8 Å². The summed E-state index contributed by atoms with van der Waals surface area (Å²) < 4.78 is 4.73. The second-order valence-corrected chi connectivity index (χ2v) is 7.43. The fourth-order valence-corrected chi connectivity index (χ4v) is 5.01. The van der Waals surface area contributed by atoms with Crippen LogP contribution in [0.15, 0.2) is 24.3 Å². The van der Waals surface area contributed by atoms with E-state index < -0.39 is 5.41 Å². The fraction of sp³-hybridized carbons (Fsp3) is 0.667. The number of esters is 1. The smallest absolute Gasteiger partial charge is 0.305 e. The molecule has 1 N–H and O–H groups in total. The molecule has 0 saturated heterocycles. The van der Waals surface area contributed by atoms with Crippen molar-refractivity contribution < 1.29 is 19.4 Å². The molecule has 0 aromatic heterocycles. The Labute approximate surface area is 131 Å². The number of carbonyl (C=O) groups is 2. The molecule has 3 fully saturated rings. The molecule has 4 aliphatic rings. The summed E-state index contributed by atoms with van der Waals surface area (Å²) in [7, 11) is 1.37. The molecule has 2 bridgehead atoms. The van der Waals surface area contributed by atoms with Gasteiger partial charge < -0.3 is 9.84 Å². The van der Waals surface area contributed by atoms with Crippen LogP contribution in [0.5, 0.6) is 0 Å². The van der Waals surface area contributed by atoms with Gasteiger partial charge in [-0.25, -0.2) is 0 Å². The van der Waals surface area contributed by atoms with E-state index in [1.807, 2.05) is 13.0 Å². The molecule has 4 heteroatoms. The molecule has 0 heterocycles. The van der Waals surface area contributed by atoms with Crippen LogP contribution in [-0.4, -0.2) is 30.1 Å². The maximum absolute atomic E-state index is 12.6. The molecular formula is C18H24O4. The molecule has 120 valence electrons. The average Bonchev–Trinajstić information content (AvgIpc) is 2.48. The highest BCUT2D eigenvalue weighted by Gasteiger charge is 2.60. The number of ether oxygens (including phenoxy) is 1. The van der Waals surface area contributed by atoms with Crippen LogP contribution in [0, 0.1) is 22.7 Å². The number of rotatable bonds is 3. The van der Waals surface area contributed by atoms with Gasteiger partial charge in [-0.1, -0.05) is 25.2 Å². The zero-order valence-corrected chi connectivity index (χ0v) is 13.3. The molecule has 5 atom stereocenters. The summed E-state index contributed by atoms with van der Waals surface area (Å²) in [5, 5.41) is 10.3. The lowest BCUT2D eigenvalue weighted by molar-refractivity contribution is -0.147. The van der Waals surface area contributed by atoms with Gasteiger partial charge in [-0.15, -0.1) is 0 Å². The minimum absolute atomic E-state index is 0.0867. The Kier molecular flexibility index (Phi) is 3.55. The summed E-state index contributed by atoms with van der Waals surface area (Å²) in [6.07, 6.45) is 6.39. The van der Waals surface area contributed by atoms with E-state index in [1.165, 1.54) is 7.11 Å². The van der Waals surface area contributed by atoms with E-state index in [-0.39, 0.29) is 41.5 Å². The minimum Gasteiger partial charge on any atom is -0.469 e. The number of ketones is 1. The first-order valence-electron chi connectivity index (χ1n) is 7.98. The number of fused-ring (bicyclic) bond motifs is 2. The highest BCUT2D eigenvalue weighted by atomic mass is 16.5. The number of allylic oxidation sites excluding steroid dienone is 2. The van der Waals surface area contributed by atoms with Gasteiger partial charge >= 0.3 is 5.97 Å². The molecule has 0 radical (unpaired) electrons. The van der Waals surface area contributed by atoms with E-state index in [0.29, 0.717) is 12.8 Å². The predicted octanol–water partition coefficient (Wildman–Crippen LogP) is 2.42. The van der Waals surface area contributed by atoms with E-state index in [1.54, 1.807) is 6.08 Å². The van der Waals surface area contributed by atoms with Crippen molar-refractivity contribution in [3.8, 4) is 0 Å². The highest BCUT2D eigenvalue weighted by molar-refractivity contribution is 5.96. The molecule has 4 rings (SSSR count). The fourth-order valence-electron chi connectivity index (χ4n) is 5.01. The second kappa shape index (κ2) is 5.05. The lowest BCUT2D eigenvalue weighted by Gasteiger charge is -2.60. The van der Waals surface area contributed by atoms with Crippen molar-refractivity contribution in [1.29, 1.82) is 0 Å². The SMILES string of the molecule is C=C1C[C@@]23C=CC(=O)[C@@](C)(CCC(=O)OC)[C@@H]2C[C@@H]1[C@@H](O)C3. The average molecular weight is 304 g/mol. The Morgan fingerprint density at radius 3 is 2.91 bits per heavy atom. The lowest BCUT2D eigenvalue weighted by atomic mass is 9.44. The third-order valence-electron chi connectivity index (χ3n) is 6.29. The van der Waals surface area contributed by atoms with Gasteiger partial charge in [-0.2, -0.15) is 0 Å². The van der Waals surface area contributed by atoms with Gasteiger partial charge in [0.25, 0.3) is 0 Å². The number of carbonyl (C=O) groups excluding carboxylic acids is 2. The van der Waals surface area contributed by atoms with Crippen molar-refractivity contribution >= 4 is 11.8 Å². The van der Waals surface area contributed by atoms with Gasteiger partial charge in [0.2, 0.25) is 0 Å². The van der Waals surface area contributed by atoms with Gasteiger partial charge in [0.1, 0.15) is 0 Å². The summed E-state index contributed by atoms with van der Waals surface area (Å²) in [6.45, 7) is 6.11. The second-order valence-electron chi connectivity index (χ2n) is 7.43. The van der Waals surface area contributed by atoms with Gasteiger partial charge in [-0.05, 0) is 43.1 Å². The van der Waals surface area contributed by atoms with Crippen molar-refractivity contribution in [2.75, 3.05) is 7.11 Å². The maximum atomic E-state index is 12.6. The molecule has 0 unspecified atom stereocenters. The Bertz CT molecular complexity index is 563. The Balaban J connectivity index is 1.93. The molecule has 0 aliphatic heterocycles. The summed E-state index contributed by atoms with van der Waals surface area (Å²) >= 11 is 0. The molecule has 22 heavy (non-hydrogen) atoms. The quantitative estimate of drug-likeness (QED) is 0.642. The van der Waals surface area contributed by atoms with Crippen LogP contribution in [0.1, 0.15) is 39.0 Å². The first-order chi connectivity index (χ1) is 10.3. The zero-order chi connectivity index (χ0) is 16.1. The van der Waals surface area contributed by atoms with E-state index in [4.69, 9.17) is 4.74 Å². The summed E-state index contributed by atoms with van der Waals surface area (Å²) in [5.74, 6) is 0.0763. The summed E-state index contributed by atoms with van der Waals surface area (Å²) in [5.41, 5.74) is 0.371. The van der Waals surface area contributed by atoms with E-state index >= 15 is 0 Å². The number of aliphatic hydroxyl groups is 1. The van der Waals surface area contributed by atoms with Crippen molar-refractivity contribution in [3.63, 3.8) is 0 Å². The maximum Gasteiger partial charge on any atom is 0.305 e. The van der Waals surface area contributed by atoms with Crippen LogP contribution >= 0.6 is 0 Å². The number of hydrogen-bond acceptors (Lipinski definition) is 4. The van der Waals surface area contributed by atoms with Crippen molar-refractivity contribution in [3.05, 3.63) is 24.3 Å². The largest absolute Gasteiger partial charge is 0.469 e. The third-order valence-corrected chi connectivity index (χ3v) is 6.29. The normalized spacial score (nSPS) is 43.1. The van der Waals surface area contributed by atoms with Gasteiger partial charge in [0.05, 0.1) is 13.2 Å². The van der Waals surface area contributed by atoms with E-state index in [0.717, 1.165) is 18.4 Å². The highest BCUT2D eigenvalue weighted by Crippen LogP contribution is 2.64. The van der Waals surface area contributed by atoms with E-state index in [9.17, 15) is 14.7 Å². The Morgan fingerprint density at radius 2 is 2.27 bits per heavy atom. The minimum atomic E-state index is -0.554. The molecule has 4 nitrogen and oxygen atoms in total. The molecule has 1 spiro atoms. The van der Waals surface area contributed by atoms with Crippen LogP contribution < -0.4 is 0 Å². The Morgan fingerprint density at radius 1 is 1.55 bits per heavy atom. The molecule has 4 aliphatic carbocycles. The molecule has 3 saturated carbocycles. The predicted molar refractivity (Wildman–Crippen MR) is 81.9 cm³/mol. The van der Waals surface area contributed by atoms with Crippen molar-refractivity contribution in [1.82, 2.24) is 0 Å². The van der Waals surface area contributed by atoms with Crippen LogP contribution in [0.25, 0.3) is 0 Å². The van der Waals surface area contributed by atoms with Crippen LogP contribution in [0.4, 0.5) is 0 Å². The molecule has 0 aromatic carbocycles. The molecule has 0 aromatic rings.